The molecule has 0 bridgehead atoms. The average molecular weight is 276 g/mol. The smallest absolute Gasteiger partial charge is 0.115 e. The van der Waals surface area contributed by atoms with Gasteiger partial charge in [-0.05, 0) is 48.7 Å². The summed E-state index contributed by atoms with van der Waals surface area (Å²) in [5.41, 5.74) is 3.26. The predicted molar refractivity (Wildman–Crippen MR) is 81.0 cm³/mol. The largest absolute Gasteiger partial charge is 0.508 e. The summed E-state index contributed by atoms with van der Waals surface area (Å²) in [5, 5.41) is 13.5. The van der Waals surface area contributed by atoms with E-state index >= 15 is 0 Å². The molecule has 0 radical (unpaired) electrons. The van der Waals surface area contributed by atoms with Crippen molar-refractivity contribution in [3.63, 3.8) is 0 Å². The molecule has 1 atom stereocenters. The maximum absolute atomic E-state index is 9.34. The number of hydrogen-bond donors (Lipinski definition) is 2. The van der Waals surface area contributed by atoms with E-state index in [4.69, 9.17) is 11.6 Å². The minimum atomic E-state index is 0.180. The first kappa shape index (κ1) is 13.8. The van der Waals surface area contributed by atoms with E-state index in [2.05, 4.69) is 12.2 Å². The van der Waals surface area contributed by atoms with Crippen LogP contribution in [-0.4, -0.2) is 5.11 Å². The van der Waals surface area contributed by atoms with E-state index in [1.54, 1.807) is 12.1 Å². The Bertz CT molecular complexity index is 551. The van der Waals surface area contributed by atoms with Gasteiger partial charge in [0.2, 0.25) is 0 Å². The summed E-state index contributed by atoms with van der Waals surface area (Å²) >= 11 is 6.21. The minimum absolute atomic E-state index is 0.180. The Morgan fingerprint density at radius 3 is 2.47 bits per heavy atom. The monoisotopic (exact) mass is 275 g/mol. The zero-order chi connectivity index (χ0) is 13.8. The Morgan fingerprint density at radius 1 is 1.16 bits per heavy atom. The van der Waals surface area contributed by atoms with Crippen molar-refractivity contribution in [1.29, 1.82) is 0 Å². The number of halogens is 1. The third kappa shape index (κ3) is 3.42. The van der Waals surface area contributed by atoms with Crippen LogP contribution >= 0.6 is 11.6 Å². The van der Waals surface area contributed by atoms with Gasteiger partial charge in [0, 0.05) is 0 Å². The van der Waals surface area contributed by atoms with Gasteiger partial charge in [-0.2, -0.15) is 0 Å². The summed E-state index contributed by atoms with van der Waals surface area (Å²) in [7, 11) is 0. The molecule has 0 aromatic heterocycles. The molecule has 0 spiro atoms. The molecule has 0 amide bonds. The lowest BCUT2D eigenvalue weighted by molar-refractivity contribution is 0.475. The van der Waals surface area contributed by atoms with Crippen molar-refractivity contribution >= 4 is 17.3 Å². The zero-order valence-corrected chi connectivity index (χ0v) is 11.9. The van der Waals surface area contributed by atoms with Crippen molar-refractivity contribution < 1.29 is 5.11 Å². The van der Waals surface area contributed by atoms with Gasteiger partial charge in [-0.1, -0.05) is 36.7 Å². The Morgan fingerprint density at radius 2 is 1.84 bits per heavy atom. The highest BCUT2D eigenvalue weighted by Crippen LogP contribution is 2.29. The van der Waals surface area contributed by atoms with Crippen LogP contribution in [-0.2, 0) is 0 Å². The van der Waals surface area contributed by atoms with Gasteiger partial charge in [-0.3, -0.25) is 0 Å². The summed E-state index contributed by atoms with van der Waals surface area (Å²) in [4.78, 5) is 0. The second kappa shape index (κ2) is 5.98. The first-order chi connectivity index (χ1) is 9.10. The molecule has 0 saturated heterocycles. The molecule has 0 fully saturated rings. The lowest BCUT2D eigenvalue weighted by Crippen LogP contribution is -2.10. The SMILES string of the molecule is CCC(Nc1cc(C)ccc1Cl)c1ccc(O)cc1. The quantitative estimate of drug-likeness (QED) is 0.830. The Labute approximate surface area is 119 Å². The molecule has 2 aromatic carbocycles. The molecule has 0 aliphatic rings. The van der Waals surface area contributed by atoms with Gasteiger partial charge in [0.15, 0.2) is 0 Å². The number of aromatic hydroxyl groups is 1. The number of hydrogen-bond acceptors (Lipinski definition) is 2. The third-order valence-corrected chi connectivity index (χ3v) is 3.48. The normalized spacial score (nSPS) is 12.2. The van der Waals surface area contributed by atoms with Crippen molar-refractivity contribution in [3.05, 3.63) is 58.6 Å². The first-order valence-electron chi connectivity index (χ1n) is 6.41. The van der Waals surface area contributed by atoms with Crippen LogP contribution in [0.2, 0.25) is 5.02 Å². The summed E-state index contributed by atoms with van der Waals surface area (Å²) < 4.78 is 0. The van der Waals surface area contributed by atoms with E-state index in [1.807, 2.05) is 37.3 Å². The number of nitrogens with one attached hydrogen (secondary N) is 1. The highest BCUT2D eigenvalue weighted by atomic mass is 35.5. The predicted octanol–water partition coefficient (Wildman–Crippen LogP) is 4.92. The van der Waals surface area contributed by atoms with E-state index < -0.39 is 0 Å². The molecule has 0 heterocycles. The highest BCUT2D eigenvalue weighted by molar-refractivity contribution is 6.33. The van der Waals surface area contributed by atoms with Crippen LogP contribution in [0, 0.1) is 6.92 Å². The molecule has 0 aliphatic carbocycles. The number of aryl methyl sites for hydroxylation is 1. The van der Waals surface area contributed by atoms with Crippen LogP contribution < -0.4 is 5.32 Å². The second-order valence-electron chi connectivity index (χ2n) is 4.68. The molecule has 1 unspecified atom stereocenters. The van der Waals surface area contributed by atoms with E-state index in [-0.39, 0.29) is 11.8 Å². The van der Waals surface area contributed by atoms with Crippen LogP contribution in [0.25, 0.3) is 0 Å². The van der Waals surface area contributed by atoms with Gasteiger partial charge in [-0.15, -0.1) is 0 Å². The molecule has 2 aromatic rings. The van der Waals surface area contributed by atoms with Crippen molar-refractivity contribution in [2.24, 2.45) is 0 Å². The molecule has 3 heteroatoms. The summed E-state index contributed by atoms with van der Waals surface area (Å²) in [5.74, 6) is 0.284. The van der Waals surface area contributed by atoms with Crippen molar-refractivity contribution in [2.75, 3.05) is 5.32 Å². The lowest BCUT2D eigenvalue weighted by atomic mass is 10.0. The van der Waals surface area contributed by atoms with Crippen LogP contribution in [0.15, 0.2) is 42.5 Å². The van der Waals surface area contributed by atoms with Crippen molar-refractivity contribution in [2.45, 2.75) is 26.3 Å². The Balaban J connectivity index is 2.23. The van der Waals surface area contributed by atoms with Gasteiger partial charge in [-0.25, -0.2) is 0 Å². The van der Waals surface area contributed by atoms with Gasteiger partial charge in [0.05, 0.1) is 16.8 Å². The van der Waals surface area contributed by atoms with Gasteiger partial charge >= 0.3 is 0 Å². The van der Waals surface area contributed by atoms with Crippen LogP contribution in [0.1, 0.15) is 30.5 Å². The molecule has 2 rings (SSSR count). The maximum atomic E-state index is 9.34. The summed E-state index contributed by atoms with van der Waals surface area (Å²) in [6.07, 6.45) is 0.940. The number of benzene rings is 2. The Hall–Kier alpha value is -1.67. The third-order valence-electron chi connectivity index (χ3n) is 3.16. The van der Waals surface area contributed by atoms with Gasteiger partial charge < -0.3 is 10.4 Å². The van der Waals surface area contributed by atoms with Crippen molar-refractivity contribution in [1.82, 2.24) is 0 Å². The standard InChI is InChI=1S/C16H18ClNO/c1-3-15(12-5-7-13(19)8-6-12)18-16-10-11(2)4-9-14(16)17/h4-10,15,18-19H,3H2,1-2H3. The minimum Gasteiger partial charge on any atom is -0.508 e. The van der Waals surface area contributed by atoms with E-state index in [0.717, 1.165) is 22.7 Å². The maximum Gasteiger partial charge on any atom is 0.115 e. The number of anilines is 1. The molecular formula is C16H18ClNO. The van der Waals surface area contributed by atoms with E-state index in [1.165, 1.54) is 5.56 Å². The number of rotatable bonds is 4. The topological polar surface area (TPSA) is 32.3 Å². The van der Waals surface area contributed by atoms with Crippen LogP contribution in [0.5, 0.6) is 5.75 Å². The molecule has 0 saturated carbocycles. The fraction of sp³-hybridized carbons (Fsp3) is 0.250. The molecule has 100 valence electrons. The zero-order valence-electron chi connectivity index (χ0n) is 11.2. The molecular weight excluding hydrogens is 258 g/mol. The van der Waals surface area contributed by atoms with E-state index in [0.29, 0.717) is 0 Å². The van der Waals surface area contributed by atoms with Crippen LogP contribution in [0.3, 0.4) is 0 Å². The number of phenols is 1. The molecule has 0 aliphatic heterocycles. The fourth-order valence-electron chi connectivity index (χ4n) is 2.07. The van der Waals surface area contributed by atoms with Gasteiger partial charge in [0.25, 0.3) is 0 Å². The average Bonchev–Trinajstić information content (AvgIpc) is 2.41. The molecule has 19 heavy (non-hydrogen) atoms. The number of phenolic OH excluding ortho intramolecular Hbond substituents is 1. The Kier molecular flexibility index (Phi) is 4.33. The summed E-state index contributed by atoms with van der Waals surface area (Å²) in [6.45, 7) is 4.16. The molecule has 2 nitrogen and oxygen atoms in total. The first-order valence-corrected chi connectivity index (χ1v) is 6.79. The highest BCUT2D eigenvalue weighted by Gasteiger charge is 2.11. The summed E-state index contributed by atoms with van der Waals surface area (Å²) in [6, 6.07) is 13.4. The van der Waals surface area contributed by atoms with Crippen molar-refractivity contribution in [3.8, 4) is 5.75 Å². The lowest BCUT2D eigenvalue weighted by Gasteiger charge is -2.20. The second-order valence-corrected chi connectivity index (χ2v) is 5.09. The molecule has 2 N–H and O–H groups in total. The fourth-order valence-corrected chi connectivity index (χ4v) is 2.24. The van der Waals surface area contributed by atoms with Gasteiger partial charge in [0.1, 0.15) is 5.75 Å². The van der Waals surface area contributed by atoms with E-state index in [9.17, 15) is 5.11 Å². The van der Waals surface area contributed by atoms with Crippen LogP contribution in [0.4, 0.5) is 5.69 Å².